The Hall–Kier alpha value is -0.345. The maximum Gasteiger partial charge on any atom is 0.157 e. The summed E-state index contributed by atoms with van der Waals surface area (Å²) in [5, 5.41) is 0. The fourth-order valence-electron chi connectivity index (χ4n) is 10.3. The highest BCUT2D eigenvalue weighted by atomic mass is 16.7. The van der Waals surface area contributed by atoms with Gasteiger partial charge in [-0.1, -0.05) is 78.8 Å². The van der Waals surface area contributed by atoms with Gasteiger partial charge >= 0.3 is 0 Å². The number of hydrogen-bond acceptors (Lipinski definition) is 3. The van der Waals surface area contributed by atoms with Crippen molar-refractivity contribution in [3.63, 3.8) is 0 Å². The van der Waals surface area contributed by atoms with Crippen LogP contribution in [-0.4, -0.2) is 32.0 Å². The Morgan fingerprint density at radius 1 is 0.778 bits per heavy atom. The zero-order valence-corrected chi connectivity index (χ0v) is 24.4. The molecule has 0 N–H and O–H groups in total. The molecule has 7 rings (SSSR count). The first-order chi connectivity index (χ1) is 17.1. The van der Waals surface area contributed by atoms with Gasteiger partial charge in [-0.25, -0.2) is 0 Å². The minimum atomic E-state index is -0.0306. The summed E-state index contributed by atoms with van der Waals surface area (Å²) in [6.45, 7) is 17.8. The van der Waals surface area contributed by atoms with Gasteiger partial charge in [-0.05, 0) is 84.9 Å². The summed E-state index contributed by atoms with van der Waals surface area (Å²) in [5.74, 6) is 7.70. The quantitative estimate of drug-likeness (QED) is 0.212. The molecule has 0 amide bonds. The molecule has 6 aliphatic carbocycles. The van der Waals surface area contributed by atoms with Crippen molar-refractivity contribution in [2.45, 2.75) is 136 Å². The molecule has 204 valence electrons. The molecule has 7 aliphatic rings. The van der Waals surface area contributed by atoms with Crippen LogP contribution in [0.5, 0.6) is 0 Å². The lowest BCUT2D eigenvalue weighted by molar-refractivity contribution is -0.181. The second kappa shape index (κ2) is 10.7. The van der Waals surface area contributed by atoms with E-state index in [9.17, 15) is 4.79 Å². The molecule has 0 spiro atoms. The van der Waals surface area contributed by atoms with Gasteiger partial charge in [-0.2, -0.15) is 0 Å². The Kier molecular flexibility index (Phi) is 8.07. The van der Waals surface area contributed by atoms with Crippen LogP contribution in [0.2, 0.25) is 18.0 Å². The van der Waals surface area contributed by atoms with Crippen LogP contribution in [0.4, 0.5) is 0 Å². The first-order valence-corrected chi connectivity index (χ1v) is 15.9. The van der Waals surface area contributed by atoms with E-state index in [4.69, 9.17) is 9.47 Å². The van der Waals surface area contributed by atoms with Gasteiger partial charge in [0.15, 0.2) is 6.29 Å². The standard InChI is InChI=1S/C32H55BO3/c1-21-26-17-23(31(26,3)4)19-28(21)33(29-20-24-18-27(22(29)2)32(24,5)6)14-9-12-25(34)11-7-8-13-30-35-15-10-16-36-30/h21-24,26-30H,7-20H2,1-6H3/t21-,22-,23+,24+,26-,27-,28-,29-/m1/s1. The van der Waals surface area contributed by atoms with Gasteiger partial charge in [0.05, 0.1) is 13.2 Å². The SMILES string of the molecule is C[C@@H]1[C@H]2C[C@@H](C[C@H]1B(CCCC(=O)CCCCC1OCCCO1)[C@@H]1C[C@@H]3C[C@H]([C@H]1C)C3(C)C)C2(C)C. The fraction of sp³-hybridized carbons (Fsp3) is 0.969. The van der Waals surface area contributed by atoms with Crippen molar-refractivity contribution in [1.82, 2.24) is 0 Å². The lowest BCUT2D eigenvalue weighted by Gasteiger charge is -2.66. The van der Waals surface area contributed by atoms with E-state index in [0.717, 1.165) is 112 Å². The van der Waals surface area contributed by atoms with Crippen molar-refractivity contribution in [2.24, 2.45) is 46.3 Å². The summed E-state index contributed by atoms with van der Waals surface area (Å²) in [4.78, 5) is 12.8. The van der Waals surface area contributed by atoms with Crippen LogP contribution in [0.25, 0.3) is 0 Å². The summed E-state index contributed by atoms with van der Waals surface area (Å²) < 4.78 is 11.3. The molecule has 1 heterocycles. The minimum absolute atomic E-state index is 0.0306. The molecule has 0 unspecified atom stereocenters. The fourth-order valence-corrected chi connectivity index (χ4v) is 10.3. The van der Waals surface area contributed by atoms with Gasteiger partial charge in [-0.3, -0.25) is 4.79 Å². The molecule has 0 aromatic carbocycles. The molecule has 1 aliphatic heterocycles. The molecule has 36 heavy (non-hydrogen) atoms. The average Bonchev–Trinajstić information content (AvgIpc) is 2.85. The maximum atomic E-state index is 12.8. The van der Waals surface area contributed by atoms with Crippen LogP contribution in [0.15, 0.2) is 0 Å². The van der Waals surface area contributed by atoms with Crippen LogP contribution in [-0.2, 0) is 14.3 Å². The molecule has 8 atom stereocenters. The highest BCUT2D eigenvalue weighted by Crippen LogP contribution is 2.69. The number of carbonyl (C=O) groups excluding carboxylic acids is 1. The number of Topliss-reactive ketones (excluding diaryl/α,β-unsaturated/α-hetero) is 1. The van der Waals surface area contributed by atoms with Crippen molar-refractivity contribution in [1.29, 1.82) is 0 Å². The maximum absolute atomic E-state index is 12.8. The molecule has 0 aromatic heterocycles. The lowest BCUT2D eigenvalue weighted by atomic mass is 9.20. The molecule has 0 radical (unpaired) electrons. The molecule has 7 fully saturated rings. The topological polar surface area (TPSA) is 35.5 Å². The number of fused-ring (bicyclic) bond motifs is 4. The van der Waals surface area contributed by atoms with Gasteiger partial charge in [-0.15, -0.1) is 0 Å². The Morgan fingerprint density at radius 3 is 1.81 bits per heavy atom. The second-order valence-electron chi connectivity index (χ2n) is 15.1. The van der Waals surface area contributed by atoms with Crippen molar-refractivity contribution in [3.8, 4) is 0 Å². The number of unbranched alkanes of at least 4 members (excludes halogenated alkanes) is 1. The minimum Gasteiger partial charge on any atom is -0.353 e. The van der Waals surface area contributed by atoms with E-state index < -0.39 is 0 Å². The predicted molar refractivity (Wildman–Crippen MR) is 149 cm³/mol. The predicted octanol–water partition coefficient (Wildman–Crippen LogP) is 8.30. The van der Waals surface area contributed by atoms with Gasteiger partial charge in [0.2, 0.25) is 0 Å². The molecule has 6 saturated carbocycles. The van der Waals surface area contributed by atoms with E-state index in [2.05, 4.69) is 41.5 Å². The molecule has 1 saturated heterocycles. The van der Waals surface area contributed by atoms with Crippen LogP contribution in [0.1, 0.15) is 112 Å². The van der Waals surface area contributed by atoms with Crippen molar-refractivity contribution in [3.05, 3.63) is 0 Å². The monoisotopic (exact) mass is 498 g/mol. The first kappa shape index (κ1) is 27.2. The van der Waals surface area contributed by atoms with E-state index in [1.807, 2.05) is 0 Å². The zero-order chi connectivity index (χ0) is 25.7. The Balaban J connectivity index is 1.14. The largest absolute Gasteiger partial charge is 0.353 e. The molecule has 4 bridgehead atoms. The number of carbonyl (C=O) groups is 1. The molecule has 3 nitrogen and oxygen atoms in total. The molecular formula is C32H55BO3. The van der Waals surface area contributed by atoms with Crippen LogP contribution in [0, 0.1) is 46.3 Å². The highest BCUT2D eigenvalue weighted by Gasteiger charge is 2.62. The van der Waals surface area contributed by atoms with Crippen LogP contribution in [0.3, 0.4) is 0 Å². The molecular weight excluding hydrogens is 443 g/mol. The lowest BCUT2D eigenvalue weighted by Crippen LogP contribution is -2.59. The second-order valence-corrected chi connectivity index (χ2v) is 15.1. The summed E-state index contributed by atoms with van der Waals surface area (Å²) in [6, 6.07) is 0. The Morgan fingerprint density at radius 2 is 1.31 bits per heavy atom. The molecule has 0 aromatic rings. The summed E-state index contributed by atoms with van der Waals surface area (Å²) in [5.41, 5.74) is 1.12. The number of rotatable bonds is 11. The first-order valence-electron chi connectivity index (χ1n) is 15.9. The number of ether oxygens (including phenoxy) is 2. The summed E-state index contributed by atoms with van der Waals surface area (Å²) >= 11 is 0. The van der Waals surface area contributed by atoms with Gasteiger partial charge < -0.3 is 9.47 Å². The van der Waals surface area contributed by atoms with E-state index in [1.165, 1.54) is 32.0 Å². The smallest absolute Gasteiger partial charge is 0.157 e. The Labute approximate surface area is 222 Å². The molecule has 4 heteroatoms. The number of hydrogen-bond donors (Lipinski definition) is 0. The summed E-state index contributed by atoms with van der Waals surface area (Å²) in [7, 11) is 0. The van der Waals surface area contributed by atoms with Gasteiger partial charge in [0.1, 0.15) is 12.5 Å². The zero-order valence-electron chi connectivity index (χ0n) is 24.4. The van der Waals surface area contributed by atoms with Crippen molar-refractivity contribution >= 4 is 12.5 Å². The van der Waals surface area contributed by atoms with Crippen LogP contribution >= 0.6 is 0 Å². The Bertz CT molecular complexity index is 729. The normalized spacial score (nSPS) is 40.7. The average molecular weight is 499 g/mol. The third kappa shape index (κ3) is 5.01. The van der Waals surface area contributed by atoms with E-state index in [-0.39, 0.29) is 6.29 Å². The summed E-state index contributed by atoms with van der Waals surface area (Å²) in [6.07, 6.45) is 13.7. The highest BCUT2D eigenvalue weighted by molar-refractivity contribution is 6.62. The van der Waals surface area contributed by atoms with Crippen molar-refractivity contribution < 1.29 is 14.3 Å². The van der Waals surface area contributed by atoms with E-state index >= 15 is 0 Å². The van der Waals surface area contributed by atoms with E-state index in [0.29, 0.717) is 16.6 Å². The third-order valence-corrected chi connectivity index (χ3v) is 13.0. The number of ketones is 1. The van der Waals surface area contributed by atoms with Crippen LogP contribution < -0.4 is 0 Å². The third-order valence-electron chi connectivity index (χ3n) is 13.0. The van der Waals surface area contributed by atoms with Crippen molar-refractivity contribution in [2.75, 3.05) is 13.2 Å². The van der Waals surface area contributed by atoms with Gasteiger partial charge in [0.25, 0.3) is 0 Å². The van der Waals surface area contributed by atoms with Gasteiger partial charge in [0, 0.05) is 12.8 Å². The van der Waals surface area contributed by atoms with E-state index in [1.54, 1.807) is 0 Å².